The molecule has 11 heavy (non-hydrogen) atoms. The van der Waals surface area contributed by atoms with Crippen molar-refractivity contribution in [2.24, 2.45) is 4.99 Å². The number of hydrogen-bond acceptors (Lipinski definition) is 2. The van der Waals surface area contributed by atoms with Gasteiger partial charge < -0.3 is 5.11 Å². The van der Waals surface area contributed by atoms with Crippen LogP contribution in [0.1, 0.15) is 34.1 Å². The summed E-state index contributed by atoms with van der Waals surface area (Å²) in [4.78, 5) is 4.13. The number of aliphatic imine (C=N–C) groups is 1. The second kappa shape index (κ2) is 6.43. The summed E-state index contributed by atoms with van der Waals surface area (Å²) in [7, 11) is 0. The quantitative estimate of drug-likeness (QED) is 0.790. The number of rotatable bonds is 3. The number of nitrogens with zero attached hydrogens (tertiary/aromatic N) is 1. The normalized spacial score (nSPS) is 17.0. The van der Waals surface area contributed by atoms with E-state index < -0.39 is 5.60 Å². The van der Waals surface area contributed by atoms with Crippen LogP contribution in [0.3, 0.4) is 0 Å². The van der Waals surface area contributed by atoms with Gasteiger partial charge in [-0.3, -0.25) is 4.99 Å². The van der Waals surface area contributed by atoms with Gasteiger partial charge in [0.15, 0.2) is 0 Å². The zero-order chi connectivity index (χ0) is 8.20. The van der Waals surface area contributed by atoms with Gasteiger partial charge in [-0.05, 0) is 27.2 Å². The van der Waals surface area contributed by atoms with E-state index in [0.29, 0.717) is 0 Å². The molecule has 0 aliphatic rings. The van der Waals surface area contributed by atoms with Crippen molar-refractivity contribution in [3.05, 3.63) is 0 Å². The third-order valence-corrected chi connectivity index (χ3v) is 1.86. The average Bonchev–Trinajstić information content (AvgIpc) is 1.89. The summed E-state index contributed by atoms with van der Waals surface area (Å²) in [5.41, 5.74) is 0.133. The Morgan fingerprint density at radius 2 is 1.91 bits per heavy atom. The van der Waals surface area contributed by atoms with Crippen LogP contribution in [0.4, 0.5) is 0 Å². The molecule has 1 radical (unpaired) electrons. The molecule has 0 spiro atoms. The molecule has 1 unspecified atom stereocenters. The Morgan fingerprint density at radius 3 is 2.18 bits per heavy atom. The van der Waals surface area contributed by atoms with Crippen LogP contribution in [0.5, 0.6) is 0 Å². The van der Waals surface area contributed by atoms with Gasteiger partial charge in [-0.1, -0.05) is 6.92 Å². The van der Waals surface area contributed by atoms with Crippen molar-refractivity contribution in [1.29, 1.82) is 0 Å². The molecule has 0 bridgehead atoms. The molecule has 0 saturated carbocycles. The summed E-state index contributed by atoms with van der Waals surface area (Å²) in [5, 5.41) is 9.59. The molecule has 1 atom stereocenters. The minimum Gasteiger partial charge on any atom is -0.384 e. The molecule has 0 amide bonds. The van der Waals surface area contributed by atoms with Gasteiger partial charge in [-0.15, -0.1) is 0 Å². The first-order chi connectivity index (χ1) is 4.54. The van der Waals surface area contributed by atoms with Crippen molar-refractivity contribution in [2.75, 3.05) is 6.54 Å². The van der Waals surface area contributed by atoms with E-state index in [-0.39, 0.29) is 38.6 Å². The van der Waals surface area contributed by atoms with Gasteiger partial charge >= 0.3 is 0 Å². The first-order valence-corrected chi connectivity index (χ1v) is 3.78. The first-order valence-electron chi connectivity index (χ1n) is 3.78. The number of hydrogen-bond donors (Lipinski definition) is 1. The van der Waals surface area contributed by atoms with E-state index in [1.54, 1.807) is 6.92 Å². The van der Waals surface area contributed by atoms with Gasteiger partial charge in [-0.25, -0.2) is 0 Å². The van der Waals surface area contributed by atoms with Crippen LogP contribution in [0, 0.1) is 38.6 Å². The molecule has 0 heterocycles. The minimum absolute atomic E-state index is 0. The van der Waals surface area contributed by atoms with Gasteiger partial charge in [0.25, 0.3) is 0 Å². The standard InChI is InChI=1S/C8H17NO.Tb/c1-5-8(4,10)7(3)9-6-2;/h10H,5-6H2,1-4H3;. The van der Waals surface area contributed by atoms with E-state index in [1.807, 2.05) is 20.8 Å². The van der Waals surface area contributed by atoms with Gasteiger partial charge in [0.2, 0.25) is 0 Å². The van der Waals surface area contributed by atoms with E-state index in [9.17, 15) is 5.11 Å². The van der Waals surface area contributed by atoms with Gasteiger partial charge in [-0.2, -0.15) is 0 Å². The summed E-state index contributed by atoms with van der Waals surface area (Å²) in [5.74, 6) is 0. The fourth-order valence-corrected chi connectivity index (χ4v) is 0.663. The summed E-state index contributed by atoms with van der Waals surface area (Å²) < 4.78 is 0. The molecule has 0 aromatic rings. The Kier molecular flexibility index (Phi) is 8.45. The molecular weight excluding hydrogens is 285 g/mol. The molecule has 0 aromatic heterocycles. The summed E-state index contributed by atoms with van der Waals surface area (Å²) in [6.45, 7) is 8.33. The Labute approximate surface area is 99.9 Å². The third kappa shape index (κ3) is 5.20. The van der Waals surface area contributed by atoms with Crippen molar-refractivity contribution >= 4 is 5.71 Å². The predicted molar refractivity (Wildman–Crippen MR) is 44.6 cm³/mol. The topological polar surface area (TPSA) is 32.6 Å². The molecule has 0 fully saturated rings. The van der Waals surface area contributed by atoms with Crippen molar-refractivity contribution in [3.63, 3.8) is 0 Å². The van der Waals surface area contributed by atoms with Crippen LogP contribution >= 0.6 is 0 Å². The van der Waals surface area contributed by atoms with Crippen LogP contribution in [0.15, 0.2) is 4.99 Å². The summed E-state index contributed by atoms with van der Waals surface area (Å²) in [6.07, 6.45) is 0.725. The molecule has 69 valence electrons. The summed E-state index contributed by atoms with van der Waals surface area (Å²) in [6, 6.07) is 0. The first kappa shape index (κ1) is 14.4. The van der Waals surface area contributed by atoms with Crippen molar-refractivity contribution < 1.29 is 43.7 Å². The third-order valence-electron chi connectivity index (χ3n) is 1.86. The fourth-order valence-electron chi connectivity index (χ4n) is 0.663. The summed E-state index contributed by atoms with van der Waals surface area (Å²) >= 11 is 0. The van der Waals surface area contributed by atoms with E-state index in [0.717, 1.165) is 18.7 Å². The van der Waals surface area contributed by atoms with Gasteiger partial charge in [0.05, 0.1) is 5.60 Å². The van der Waals surface area contributed by atoms with Crippen LogP contribution < -0.4 is 0 Å². The maximum Gasteiger partial charge on any atom is 0.0988 e. The molecule has 3 heteroatoms. The van der Waals surface area contributed by atoms with E-state index in [4.69, 9.17) is 0 Å². The Balaban J connectivity index is 0. The van der Waals surface area contributed by atoms with Crippen molar-refractivity contribution in [3.8, 4) is 0 Å². The maximum absolute atomic E-state index is 9.59. The SMILES string of the molecule is CCN=C(C)C(C)(O)CC.[Tb]. The van der Waals surface area contributed by atoms with Gasteiger partial charge in [0.1, 0.15) is 0 Å². The van der Waals surface area contributed by atoms with Crippen LogP contribution in [-0.4, -0.2) is 23.0 Å². The second-order valence-electron chi connectivity index (χ2n) is 2.69. The smallest absolute Gasteiger partial charge is 0.0988 e. The molecule has 0 rings (SSSR count). The van der Waals surface area contributed by atoms with Crippen molar-refractivity contribution in [1.82, 2.24) is 0 Å². The monoisotopic (exact) mass is 302 g/mol. The number of aliphatic hydroxyl groups is 1. The average molecular weight is 302 g/mol. The second-order valence-corrected chi connectivity index (χ2v) is 2.69. The largest absolute Gasteiger partial charge is 0.384 e. The van der Waals surface area contributed by atoms with E-state index in [2.05, 4.69) is 4.99 Å². The van der Waals surface area contributed by atoms with Crippen molar-refractivity contribution in [2.45, 2.75) is 39.7 Å². The van der Waals surface area contributed by atoms with Gasteiger partial charge in [0, 0.05) is 50.9 Å². The van der Waals surface area contributed by atoms with E-state index >= 15 is 0 Å². The Bertz CT molecular complexity index is 132. The fraction of sp³-hybridized carbons (Fsp3) is 0.875. The zero-order valence-electron chi connectivity index (χ0n) is 7.64. The Hall–Kier alpha value is 0.916. The van der Waals surface area contributed by atoms with Crippen LogP contribution in [-0.2, 0) is 0 Å². The van der Waals surface area contributed by atoms with Crippen LogP contribution in [0.2, 0.25) is 0 Å². The molecule has 0 aromatic carbocycles. The molecule has 2 nitrogen and oxygen atoms in total. The zero-order valence-corrected chi connectivity index (χ0v) is 9.78. The molecule has 1 N–H and O–H groups in total. The predicted octanol–water partition coefficient (Wildman–Crippen LogP) is 1.63. The minimum atomic E-state index is -0.698. The van der Waals surface area contributed by atoms with Crippen LogP contribution in [0.25, 0.3) is 0 Å². The van der Waals surface area contributed by atoms with E-state index in [1.165, 1.54) is 0 Å². The molecular formula is C8H17NOTb. The molecule has 0 aliphatic carbocycles. The maximum atomic E-state index is 9.59. The molecule has 0 aliphatic heterocycles. The Morgan fingerprint density at radius 1 is 1.45 bits per heavy atom. The molecule has 0 saturated heterocycles.